The fourth-order valence-electron chi connectivity index (χ4n) is 3.09. The first-order chi connectivity index (χ1) is 11.9. The SMILES string of the molecule is CC(C)Oc1ccc(N)c(C(=N)C2=CCNC(N3CC[C@@H](F)C3)=C2)c1. The summed E-state index contributed by atoms with van der Waals surface area (Å²) in [5, 5.41) is 11.8. The van der Waals surface area contributed by atoms with Crippen molar-refractivity contribution in [1.82, 2.24) is 10.2 Å². The Morgan fingerprint density at radius 1 is 1.44 bits per heavy atom. The van der Waals surface area contributed by atoms with Gasteiger partial charge in [0.1, 0.15) is 17.7 Å². The van der Waals surface area contributed by atoms with Gasteiger partial charge < -0.3 is 20.7 Å². The smallest absolute Gasteiger partial charge is 0.120 e. The van der Waals surface area contributed by atoms with Crippen LogP contribution < -0.4 is 15.8 Å². The number of ether oxygens (including phenoxy) is 1. The molecule has 0 unspecified atom stereocenters. The van der Waals surface area contributed by atoms with Gasteiger partial charge >= 0.3 is 0 Å². The number of nitrogen functional groups attached to an aromatic ring is 1. The molecule has 1 aromatic carbocycles. The average Bonchev–Trinajstić information content (AvgIpc) is 3.02. The van der Waals surface area contributed by atoms with Crippen molar-refractivity contribution in [2.45, 2.75) is 32.5 Å². The third-order valence-electron chi connectivity index (χ3n) is 4.32. The van der Waals surface area contributed by atoms with Gasteiger partial charge in [-0.25, -0.2) is 4.39 Å². The maximum atomic E-state index is 13.5. The van der Waals surface area contributed by atoms with E-state index in [2.05, 4.69) is 5.32 Å². The molecule has 3 rings (SSSR count). The van der Waals surface area contributed by atoms with Crippen molar-refractivity contribution < 1.29 is 9.13 Å². The highest BCUT2D eigenvalue weighted by Gasteiger charge is 2.25. The van der Waals surface area contributed by atoms with E-state index in [0.29, 0.717) is 48.8 Å². The van der Waals surface area contributed by atoms with Gasteiger partial charge in [0, 0.05) is 29.9 Å². The number of hydrogen-bond donors (Lipinski definition) is 3. The molecule has 1 atom stereocenters. The molecule has 0 radical (unpaired) electrons. The predicted molar refractivity (Wildman–Crippen MR) is 98.7 cm³/mol. The van der Waals surface area contributed by atoms with Crippen molar-refractivity contribution >= 4 is 11.4 Å². The molecule has 25 heavy (non-hydrogen) atoms. The van der Waals surface area contributed by atoms with Gasteiger partial charge in [0.05, 0.1) is 18.4 Å². The Balaban J connectivity index is 1.83. The van der Waals surface area contributed by atoms with E-state index in [9.17, 15) is 4.39 Å². The number of allylic oxidation sites excluding steroid dienone is 2. The lowest BCUT2D eigenvalue weighted by molar-refractivity contribution is 0.242. The lowest BCUT2D eigenvalue weighted by Crippen LogP contribution is -2.33. The zero-order valence-electron chi connectivity index (χ0n) is 14.7. The number of hydrogen-bond acceptors (Lipinski definition) is 5. The van der Waals surface area contributed by atoms with Crippen LogP contribution in [0.4, 0.5) is 10.1 Å². The van der Waals surface area contributed by atoms with Gasteiger partial charge in [-0.2, -0.15) is 0 Å². The van der Waals surface area contributed by atoms with Crippen LogP contribution in [-0.2, 0) is 0 Å². The van der Waals surface area contributed by atoms with Crippen molar-refractivity contribution in [3.63, 3.8) is 0 Å². The van der Waals surface area contributed by atoms with Crippen LogP contribution in [0.2, 0.25) is 0 Å². The van der Waals surface area contributed by atoms with Crippen molar-refractivity contribution in [2.24, 2.45) is 0 Å². The first-order valence-electron chi connectivity index (χ1n) is 8.64. The second-order valence-electron chi connectivity index (χ2n) is 6.69. The zero-order chi connectivity index (χ0) is 18.0. The fourth-order valence-corrected chi connectivity index (χ4v) is 3.09. The number of anilines is 1. The van der Waals surface area contributed by atoms with Crippen LogP contribution in [0.1, 0.15) is 25.8 Å². The Morgan fingerprint density at radius 3 is 2.92 bits per heavy atom. The minimum Gasteiger partial charge on any atom is -0.491 e. The van der Waals surface area contributed by atoms with Crippen LogP contribution in [0.15, 0.2) is 41.7 Å². The molecular formula is C19H25FN4O. The monoisotopic (exact) mass is 344 g/mol. The molecule has 1 saturated heterocycles. The molecule has 6 heteroatoms. The molecule has 0 amide bonds. The van der Waals surface area contributed by atoms with Crippen molar-refractivity contribution in [1.29, 1.82) is 5.41 Å². The minimum absolute atomic E-state index is 0.0547. The van der Waals surface area contributed by atoms with E-state index in [1.54, 1.807) is 6.07 Å². The van der Waals surface area contributed by atoms with Crippen LogP contribution in [-0.4, -0.2) is 42.5 Å². The van der Waals surface area contributed by atoms with Gasteiger partial charge in [-0.1, -0.05) is 6.08 Å². The van der Waals surface area contributed by atoms with E-state index in [0.717, 1.165) is 11.4 Å². The first kappa shape index (κ1) is 17.3. The highest BCUT2D eigenvalue weighted by Crippen LogP contribution is 2.26. The standard InChI is InChI=1S/C19H25FN4O/c1-12(2)25-15-3-4-17(21)16(10-15)19(22)13-5-7-23-18(9-13)24-8-6-14(20)11-24/h3-5,9-10,12,14,22-23H,6-8,11,21H2,1-2H3/t14-/m1/s1. The van der Waals surface area contributed by atoms with Gasteiger partial charge in [-0.05, 0) is 44.5 Å². The third-order valence-corrected chi connectivity index (χ3v) is 4.32. The van der Waals surface area contributed by atoms with E-state index >= 15 is 0 Å². The van der Waals surface area contributed by atoms with Gasteiger partial charge in [0.25, 0.3) is 0 Å². The fraction of sp³-hybridized carbons (Fsp3) is 0.421. The van der Waals surface area contributed by atoms with E-state index in [4.69, 9.17) is 15.9 Å². The Bertz CT molecular complexity index is 726. The average molecular weight is 344 g/mol. The second-order valence-corrected chi connectivity index (χ2v) is 6.69. The van der Waals surface area contributed by atoms with Crippen LogP contribution in [0.5, 0.6) is 5.75 Å². The van der Waals surface area contributed by atoms with Gasteiger partial charge in [-0.3, -0.25) is 5.41 Å². The second kappa shape index (κ2) is 7.17. The summed E-state index contributed by atoms with van der Waals surface area (Å²) in [7, 11) is 0. The number of nitrogens with two attached hydrogens (primary N) is 1. The minimum atomic E-state index is -0.781. The van der Waals surface area contributed by atoms with Crippen molar-refractivity contribution in [3.8, 4) is 5.75 Å². The number of alkyl halides is 1. The molecular weight excluding hydrogens is 319 g/mol. The summed E-state index contributed by atoms with van der Waals surface area (Å²) in [5.41, 5.74) is 8.40. The molecule has 4 N–H and O–H groups in total. The molecule has 0 bridgehead atoms. The summed E-state index contributed by atoms with van der Waals surface area (Å²) >= 11 is 0. The van der Waals surface area contributed by atoms with Crippen LogP contribution in [0, 0.1) is 5.41 Å². The van der Waals surface area contributed by atoms with Crippen molar-refractivity contribution in [2.75, 3.05) is 25.4 Å². The van der Waals surface area contributed by atoms with Gasteiger partial charge in [-0.15, -0.1) is 0 Å². The number of likely N-dealkylation sites (tertiary alicyclic amines) is 1. The molecule has 0 saturated carbocycles. The third kappa shape index (κ3) is 3.95. The highest BCUT2D eigenvalue weighted by atomic mass is 19.1. The van der Waals surface area contributed by atoms with Gasteiger partial charge in [0.15, 0.2) is 0 Å². The topological polar surface area (TPSA) is 74.4 Å². The predicted octanol–water partition coefficient (Wildman–Crippen LogP) is 2.84. The lowest BCUT2D eigenvalue weighted by atomic mass is 9.98. The Labute approximate surface area is 147 Å². The number of rotatable bonds is 5. The Hall–Kier alpha value is -2.50. The summed E-state index contributed by atoms with van der Waals surface area (Å²) in [5.74, 6) is 1.57. The maximum Gasteiger partial charge on any atom is 0.120 e. The number of dihydropyridines is 1. The molecule has 5 nitrogen and oxygen atoms in total. The summed E-state index contributed by atoms with van der Waals surface area (Å²) in [6.07, 6.45) is 3.68. The molecule has 1 aromatic rings. The zero-order valence-corrected chi connectivity index (χ0v) is 14.7. The molecule has 1 fully saturated rings. The molecule has 0 spiro atoms. The Kier molecular flexibility index (Phi) is 4.97. The molecule has 134 valence electrons. The van der Waals surface area contributed by atoms with Crippen LogP contribution in [0.25, 0.3) is 0 Å². The van der Waals surface area contributed by atoms with Crippen molar-refractivity contribution in [3.05, 3.63) is 47.3 Å². The summed E-state index contributed by atoms with van der Waals surface area (Å²) in [6.45, 7) is 5.62. The quantitative estimate of drug-likeness (QED) is 0.567. The summed E-state index contributed by atoms with van der Waals surface area (Å²) in [6, 6.07) is 5.39. The highest BCUT2D eigenvalue weighted by molar-refractivity contribution is 6.15. The summed E-state index contributed by atoms with van der Waals surface area (Å²) < 4.78 is 19.2. The van der Waals surface area contributed by atoms with E-state index in [-0.39, 0.29) is 6.10 Å². The van der Waals surface area contributed by atoms with E-state index < -0.39 is 6.17 Å². The summed E-state index contributed by atoms with van der Waals surface area (Å²) in [4.78, 5) is 1.99. The molecule has 2 heterocycles. The normalized spacial score (nSPS) is 20.2. The number of nitrogens with zero attached hydrogens (tertiary/aromatic N) is 1. The molecule has 2 aliphatic heterocycles. The number of nitrogens with one attached hydrogen (secondary N) is 2. The first-order valence-corrected chi connectivity index (χ1v) is 8.64. The van der Waals surface area contributed by atoms with Gasteiger partial charge in [0.2, 0.25) is 0 Å². The van der Waals surface area contributed by atoms with E-state index in [1.807, 2.05) is 43.0 Å². The largest absolute Gasteiger partial charge is 0.491 e. The Morgan fingerprint density at radius 2 is 2.24 bits per heavy atom. The van der Waals surface area contributed by atoms with Crippen LogP contribution >= 0.6 is 0 Å². The van der Waals surface area contributed by atoms with Crippen LogP contribution in [0.3, 0.4) is 0 Å². The molecule has 2 aliphatic rings. The van der Waals surface area contributed by atoms with E-state index in [1.165, 1.54) is 0 Å². The molecule has 0 aromatic heterocycles. The maximum absolute atomic E-state index is 13.5. The number of halogens is 1. The number of benzene rings is 1. The molecule has 0 aliphatic carbocycles. The lowest BCUT2D eigenvalue weighted by Gasteiger charge is -2.26.